The highest BCUT2D eigenvalue weighted by Gasteiger charge is 2.31. The van der Waals surface area contributed by atoms with E-state index in [1.807, 2.05) is 29.2 Å². The number of rotatable bonds is 4. The number of halogens is 1. The van der Waals surface area contributed by atoms with E-state index in [2.05, 4.69) is 0 Å². The van der Waals surface area contributed by atoms with Crippen LogP contribution in [0.1, 0.15) is 29.5 Å². The molecule has 1 amide bonds. The summed E-state index contributed by atoms with van der Waals surface area (Å²) >= 11 is 7.45. The van der Waals surface area contributed by atoms with E-state index in [1.165, 1.54) is 18.2 Å². The van der Waals surface area contributed by atoms with Crippen LogP contribution in [0.15, 0.2) is 48.5 Å². The highest BCUT2D eigenvalue weighted by Crippen LogP contribution is 2.36. The number of carbonyl (C=O) groups excluding carboxylic acids is 1. The number of carbonyl (C=O) groups is 1. The Morgan fingerprint density at radius 2 is 2.14 bits per heavy atom. The van der Waals surface area contributed by atoms with Crippen molar-refractivity contribution in [2.45, 2.75) is 18.9 Å². The van der Waals surface area contributed by atoms with Gasteiger partial charge in [-0.15, -0.1) is 11.3 Å². The first-order chi connectivity index (χ1) is 13.5. The van der Waals surface area contributed by atoms with Crippen molar-refractivity contribution in [3.05, 3.63) is 74.2 Å². The molecule has 1 aromatic heterocycles. The summed E-state index contributed by atoms with van der Waals surface area (Å²) in [6.07, 6.45) is 4.84. The third kappa shape index (κ3) is 3.63. The maximum absolute atomic E-state index is 12.8. The summed E-state index contributed by atoms with van der Waals surface area (Å²) in [6.45, 7) is 0.671. The lowest BCUT2D eigenvalue weighted by atomic mass is 10.2. The average Bonchev–Trinajstić information content (AvgIpc) is 3.33. The zero-order valence-corrected chi connectivity index (χ0v) is 16.3. The molecule has 6 nitrogen and oxygen atoms in total. The standard InChI is InChI=1S/C20H16ClN3O3S/c21-14-9-7-13(12-17(14)24(26)27)8-10-19(25)23-11-3-5-16(23)20-22-15-4-1-2-6-18(15)28-20/h1-2,4,6-10,12,16H,3,5,11H2. The van der Waals surface area contributed by atoms with E-state index in [0.29, 0.717) is 12.1 Å². The molecular weight excluding hydrogens is 398 g/mol. The zero-order valence-electron chi connectivity index (χ0n) is 14.7. The number of nitrogens with zero attached hydrogens (tertiary/aromatic N) is 3. The van der Waals surface area contributed by atoms with Crippen LogP contribution in [0.25, 0.3) is 16.3 Å². The van der Waals surface area contributed by atoms with Gasteiger partial charge in [0.2, 0.25) is 5.91 Å². The predicted octanol–water partition coefficient (Wildman–Crippen LogP) is 5.23. The van der Waals surface area contributed by atoms with Gasteiger partial charge in [0.25, 0.3) is 5.69 Å². The molecule has 142 valence electrons. The topological polar surface area (TPSA) is 76.3 Å². The molecule has 28 heavy (non-hydrogen) atoms. The van der Waals surface area contributed by atoms with E-state index >= 15 is 0 Å². The summed E-state index contributed by atoms with van der Waals surface area (Å²) in [4.78, 5) is 29.7. The first-order valence-corrected chi connectivity index (χ1v) is 10.0. The van der Waals surface area contributed by atoms with Crippen LogP contribution in [0.2, 0.25) is 5.02 Å². The van der Waals surface area contributed by atoms with Gasteiger partial charge in [-0.2, -0.15) is 0 Å². The van der Waals surface area contributed by atoms with Gasteiger partial charge in [-0.1, -0.05) is 29.8 Å². The molecule has 1 aliphatic rings. The fourth-order valence-electron chi connectivity index (χ4n) is 3.36. The smallest absolute Gasteiger partial charge is 0.288 e. The minimum absolute atomic E-state index is 0.0332. The molecule has 1 saturated heterocycles. The number of hydrogen-bond acceptors (Lipinski definition) is 5. The summed E-state index contributed by atoms with van der Waals surface area (Å²) in [7, 11) is 0. The Morgan fingerprint density at radius 1 is 1.32 bits per heavy atom. The molecule has 1 aliphatic heterocycles. The third-order valence-electron chi connectivity index (χ3n) is 4.72. The maximum atomic E-state index is 12.8. The molecule has 0 radical (unpaired) electrons. The lowest BCUT2D eigenvalue weighted by Crippen LogP contribution is -2.28. The lowest BCUT2D eigenvalue weighted by molar-refractivity contribution is -0.384. The molecule has 1 fully saturated rings. The average molecular weight is 414 g/mol. The summed E-state index contributed by atoms with van der Waals surface area (Å²) < 4.78 is 1.11. The van der Waals surface area contributed by atoms with Crippen LogP contribution < -0.4 is 0 Å². The SMILES string of the molecule is O=C(C=Cc1ccc(Cl)c([N+](=O)[O-])c1)N1CCCC1c1nc2ccccc2s1. The van der Waals surface area contributed by atoms with Crippen molar-refractivity contribution in [3.8, 4) is 0 Å². The Kier molecular flexibility index (Phi) is 5.11. The highest BCUT2D eigenvalue weighted by molar-refractivity contribution is 7.18. The van der Waals surface area contributed by atoms with Gasteiger partial charge in [-0.25, -0.2) is 4.98 Å². The van der Waals surface area contributed by atoms with Gasteiger partial charge in [0.1, 0.15) is 10.0 Å². The van der Waals surface area contributed by atoms with Gasteiger partial charge in [0.05, 0.1) is 21.2 Å². The van der Waals surface area contributed by atoms with E-state index in [1.54, 1.807) is 23.5 Å². The number of fused-ring (bicyclic) bond motifs is 1. The van der Waals surface area contributed by atoms with Gasteiger partial charge < -0.3 is 4.90 Å². The highest BCUT2D eigenvalue weighted by atomic mass is 35.5. The van der Waals surface area contributed by atoms with Crippen LogP contribution in [0.4, 0.5) is 5.69 Å². The van der Waals surface area contributed by atoms with Gasteiger partial charge in [0, 0.05) is 18.7 Å². The number of amides is 1. The van der Waals surface area contributed by atoms with Crippen LogP contribution in [0.5, 0.6) is 0 Å². The number of hydrogen-bond donors (Lipinski definition) is 0. The summed E-state index contributed by atoms with van der Waals surface area (Å²) in [5.74, 6) is -0.126. The van der Waals surface area contributed by atoms with Crippen molar-refractivity contribution in [3.63, 3.8) is 0 Å². The number of likely N-dealkylation sites (tertiary alicyclic amines) is 1. The molecule has 0 aliphatic carbocycles. The van der Waals surface area contributed by atoms with E-state index < -0.39 is 4.92 Å². The van der Waals surface area contributed by atoms with Crippen molar-refractivity contribution >= 4 is 50.8 Å². The molecule has 2 heterocycles. The Labute approximate surface area is 170 Å². The number of thiazole rings is 1. The van der Waals surface area contributed by atoms with E-state index in [9.17, 15) is 14.9 Å². The Hall–Kier alpha value is -2.77. The Balaban J connectivity index is 1.54. The van der Waals surface area contributed by atoms with Crippen molar-refractivity contribution in [2.24, 2.45) is 0 Å². The quantitative estimate of drug-likeness (QED) is 0.333. The molecule has 0 N–H and O–H groups in total. The minimum Gasteiger partial charge on any atom is -0.330 e. The van der Waals surface area contributed by atoms with Crippen molar-refractivity contribution < 1.29 is 9.72 Å². The number of para-hydroxylation sites is 1. The molecular formula is C20H16ClN3O3S. The van der Waals surface area contributed by atoms with Crippen LogP contribution in [-0.2, 0) is 4.79 Å². The van der Waals surface area contributed by atoms with E-state index in [-0.39, 0.29) is 22.7 Å². The second kappa shape index (κ2) is 7.69. The molecule has 8 heteroatoms. The number of nitro groups is 1. The molecule has 4 rings (SSSR count). The number of aromatic nitrogens is 1. The molecule has 1 atom stereocenters. The van der Waals surface area contributed by atoms with Crippen molar-refractivity contribution in [1.29, 1.82) is 0 Å². The number of benzene rings is 2. The third-order valence-corrected chi connectivity index (χ3v) is 6.17. The van der Waals surface area contributed by atoms with Crippen LogP contribution in [-0.4, -0.2) is 27.3 Å². The summed E-state index contributed by atoms with van der Waals surface area (Å²) in [5.41, 5.74) is 1.33. The second-order valence-electron chi connectivity index (χ2n) is 6.51. The normalized spacial score (nSPS) is 16.9. The largest absolute Gasteiger partial charge is 0.330 e. The lowest BCUT2D eigenvalue weighted by Gasteiger charge is -2.21. The zero-order chi connectivity index (χ0) is 19.7. The Morgan fingerprint density at radius 3 is 2.93 bits per heavy atom. The Bertz CT molecular complexity index is 1060. The summed E-state index contributed by atoms with van der Waals surface area (Å²) in [6, 6.07) is 12.4. The van der Waals surface area contributed by atoms with Crippen molar-refractivity contribution in [2.75, 3.05) is 6.54 Å². The summed E-state index contributed by atoms with van der Waals surface area (Å²) in [5, 5.41) is 12.0. The second-order valence-corrected chi connectivity index (χ2v) is 7.98. The first kappa shape index (κ1) is 18.6. The van der Waals surface area contributed by atoms with Gasteiger partial charge in [0.15, 0.2) is 0 Å². The molecule has 0 saturated carbocycles. The van der Waals surface area contributed by atoms with E-state index in [4.69, 9.17) is 16.6 Å². The molecule has 1 unspecified atom stereocenters. The molecule has 3 aromatic rings. The molecule has 0 spiro atoms. The first-order valence-electron chi connectivity index (χ1n) is 8.81. The van der Waals surface area contributed by atoms with Gasteiger partial charge in [-0.3, -0.25) is 14.9 Å². The van der Waals surface area contributed by atoms with E-state index in [0.717, 1.165) is 28.1 Å². The van der Waals surface area contributed by atoms with Crippen LogP contribution in [0, 0.1) is 10.1 Å². The van der Waals surface area contributed by atoms with Crippen LogP contribution >= 0.6 is 22.9 Å². The fourth-order valence-corrected chi connectivity index (χ4v) is 4.66. The fraction of sp³-hybridized carbons (Fsp3) is 0.200. The predicted molar refractivity (Wildman–Crippen MR) is 110 cm³/mol. The monoisotopic (exact) mass is 413 g/mol. The van der Waals surface area contributed by atoms with Crippen LogP contribution in [0.3, 0.4) is 0 Å². The molecule has 0 bridgehead atoms. The molecule has 2 aromatic carbocycles. The van der Waals surface area contributed by atoms with Gasteiger partial charge in [-0.05, 0) is 42.7 Å². The minimum atomic E-state index is -0.537. The number of nitro benzene ring substituents is 1. The van der Waals surface area contributed by atoms with Gasteiger partial charge >= 0.3 is 0 Å². The van der Waals surface area contributed by atoms with Crippen molar-refractivity contribution in [1.82, 2.24) is 9.88 Å². The maximum Gasteiger partial charge on any atom is 0.288 e.